The van der Waals surface area contributed by atoms with Crippen LogP contribution >= 0.6 is 0 Å². The van der Waals surface area contributed by atoms with Crippen LogP contribution in [0.1, 0.15) is 33.1 Å². The van der Waals surface area contributed by atoms with Gasteiger partial charge < -0.3 is 16.0 Å². The number of carbonyl (C=O) groups is 1. The van der Waals surface area contributed by atoms with Gasteiger partial charge in [-0.1, -0.05) is 13.0 Å². The van der Waals surface area contributed by atoms with Gasteiger partial charge in [0.15, 0.2) is 0 Å². The van der Waals surface area contributed by atoms with E-state index >= 15 is 0 Å². The van der Waals surface area contributed by atoms with E-state index in [4.69, 9.17) is 5.73 Å². The van der Waals surface area contributed by atoms with Crippen molar-refractivity contribution in [2.45, 2.75) is 38.6 Å². The average molecular weight is 249 g/mol. The van der Waals surface area contributed by atoms with Crippen LogP contribution in [0.25, 0.3) is 0 Å². The molecule has 1 aliphatic carbocycles. The standard InChI is InChI=1S/C14H23N3O/c1-10-5-4-6-11(7-10)16-13(18)12-8-14(2,15)9-17(12)3/h7-8,10H,4-6,9,15H2,1-3H3,(H,16,18). The molecule has 2 unspecified atom stereocenters. The molecule has 0 aromatic heterocycles. The van der Waals surface area contributed by atoms with Crippen LogP contribution in [0.4, 0.5) is 0 Å². The van der Waals surface area contributed by atoms with E-state index in [-0.39, 0.29) is 5.91 Å². The van der Waals surface area contributed by atoms with Gasteiger partial charge in [0, 0.05) is 19.3 Å². The number of allylic oxidation sites excluding steroid dienone is 2. The van der Waals surface area contributed by atoms with Gasteiger partial charge in [0.25, 0.3) is 5.91 Å². The average Bonchev–Trinajstić information content (AvgIpc) is 2.52. The summed E-state index contributed by atoms with van der Waals surface area (Å²) < 4.78 is 0. The van der Waals surface area contributed by atoms with Crippen LogP contribution < -0.4 is 11.1 Å². The molecule has 0 saturated carbocycles. The quantitative estimate of drug-likeness (QED) is 0.776. The molecule has 1 aliphatic heterocycles. The molecular formula is C14H23N3O. The highest BCUT2D eigenvalue weighted by Crippen LogP contribution is 2.23. The second-order valence-electron chi connectivity index (χ2n) is 5.91. The Morgan fingerprint density at radius 2 is 2.33 bits per heavy atom. The summed E-state index contributed by atoms with van der Waals surface area (Å²) in [5, 5.41) is 3.02. The fourth-order valence-corrected chi connectivity index (χ4v) is 2.74. The highest BCUT2D eigenvalue weighted by atomic mass is 16.2. The summed E-state index contributed by atoms with van der Waals surface area (Å²) in [4.78, 5) is 14.1. The van der Waals surface area contributed by atoms with Gasteiger partial charge in [-0.25, -0.2) is 0 Å². The summed E-state index contributed by atoms with van der Waals surface area (Å²) in [5.74, 6) is 0.524. The minimum atomic E-state index is -0.407. The van der Waals surface area contributed by atoms with Crippen LogP contribution in [0, 0.1) is 5.92 Å². The Kier molecular flexibility index (Phi) is 3.48. The van der Waals surface area contributed by atoms with Crippen molar-refractivity contribution in [1.82, 2.24) is 10.2 Å². The molecule has 0 saturated heterocycles. The van der Waals surface area contributed by atoms with Gasteiger partial charge in [-0.15, -0.1) is 0 Å². The van der Waals surface area contributed by atoms with Crippen LogP contribution in [-0.2, 0) is 4.79 Å². The zero-order valence-corrected chi connectivity index (χ0v) is 11.5. The van der Waals surface area contributed by atoms with E-state index in [9.17, 15) is 4.79 Å². The Labute approximate surface area is 109 Å². The molecular weight excluding hydrogens is 226 g/mol. The molecule has 0 radical (unpaired) electrons. The third-order valence-corrected chi connectivity index (χ3v) is 3.55. The SMILES string of the molecule is CC1C=C(NC(=O)C2=CC(C)(N)CN2C)CCC1. The maximum atomic E-state index is 12.2. The Balaban J connectivity index is 2.05. The summed E-state index contributed by atoms with van der Waals surface area (Å²) in [7, 11) is 1.90. The van der Waals surface area contributed by atoms with Crippen LogP contribution in [0.2, 0.25) is 0 Å². The molecule has 3 N–H and O–H groups in total. The molecule has 0 aromatic rings. The molecule has 1 amide bonds. The smallest absolute Gasteiger partial charge is 0.271 e. The first kappa shape index (κ1) is 13.1. The van der Waals surface area contributed by atoms with Crippen LogP contribution in [0.15, 0.2) is 23.5 Å². The molecule has 0 fully saturated rings. The number of nitrogens with zero attached hydrogens (tertiary/aromatic N) is 1. The van der Waals surface area contributed by atoms with Crippen molar-refractivity contribution in [3.05, 3.63) is 23.5 Å². The number of nitrogens with two attached hydrogens (primary N) is 1. The number of carbonyl (C=O) groups excluding carboxylic acids is 1. The first-order valence-electron chi connectivity index (χ1n) is 6.62. The minimum Gasteiger partial charge on any atom is -0.368 e. The highest BCUT2D eigenvalue weighted by molar-refractivity contribution is 5.94. The molecule has 100 valence electrons. The molecule has 2 rings (SSSR count). The van der Waals surface area contributed by atoms with Crippen molar-refractivity contribution < 1.29 is 4.79 Å². The lowest BCUT2D eigenvalue weighted by Gasteiger charge is -2.21. The van der Waals surface area contributed by atoms with Crippen molar-refractivity contribution in [3.63, 3.8) is 0 Å². The van der Waals surface area contributed by atoms with E-state index < -0.39 is 5.54 Å². The van der Waals surface area contributed by atoms with Crippen LogP contribution in [0.5, 0.6) is 0 Å². The normalized spacial score (nSPS) is 32.0. The van der Waals surface area contributed by atoms with Crippen molar-refractivity contribution in [3.8, 4) is 0 Å². The Morgan fingerprint density at radius 3 is 2.89 bits per heavy atom. The molecule has 0 bridgehead atoms. The Morgan fingerprint density at radius 1 is 1.61 bits per heavy atom. The molecule has 4 heteroatoms. The van der Waals surface area contributed by atoms with Crippen molar-refractivity contribution in [2.75, 3.05) is 13.6 Å². The summed E-state index contributed by atoms with van der Waals surface area (Å²) in [6, 6.07) is 0. The van der Waals surface area contributed by atoms with E-state index in [1.54, 1.807) is 0 Å². The van der Waals surface area contributed by atoms with E-state index in [1.165, 1.54) is 6.42 Å². The van der Waals surface area contributed by atoms with Gasteiger partial charge in [0.1, 0.15) is 5.70 Å². The van der Waals surface area contributed by atoms with Gasteiger partial charge in [0.05, 0.1) is 5.54 Å². The fraction of sp³-hybridized carbons (Fsp3) is 0.643. The summed E-state index contributed by atoms with van der Waals surface area (Å²) >= 11 is 0. The maximum Gasteiger partial charge on any atom is 0.271 e. The first-order valence-corrected chi connectivity index (χ1v) is 6.62. The van der Waals surface area contributed by atoms with Crippen molar-refractivity contribution in [2.24, 2.45) is 11.7 Å². The second kappa shape index (κ2) is 4.76. The van der Waals surface area contributed by atoms with Crippen LogP contribution in [-0.4, -0.2) is 29.9 Å². The van der Waals surface area contributed by atoms with Crippen molar-refractivity contribution >= 4 is 5.91 Å². The summed E-state index contributed by atoms with van der Waals surface area (Å²) in [6.07, 6.45) is 7.35. The Bertz CT molecular complexity index is 409. The zero-order valence-electron chi connectivity index (χ0n) is 11.5. The van der Waals surface area contributed by atoms with Gasteiger partial charge in [-0.05, 0) is 38.2 Å². The topological polar surface area (TPSA) is 58.4 Å². The van der Waals surface area contributed by atoms with E-state index in [0.717, 1.165) is 18.5 Å². The predicted molar refractivity (Wildman–Crippen MR) is 72.5 cm³/mol. The maximum absolute atomic E-state index is 12.2. The molecule has 0 spiro atoms. The molecule has 2 atom stereocenters. The molecule has 1 heterocycles. The van der Waals surface area contributed by atoms with Crippen LogP contribution in [0.3, 0.4) is 0 Å². The summed E-state index contributed by atoms with van der Waals surface area (Å²) in [5.41, 5.74) is 7.37. The molecule has 18 heavy (non-hydrogen) atoms. The fourth-order valence-electron chi connectivity index (χ4n) is 2.74. The lowest BCUT2D eigenvalue weighted by Crippen LogP contribution is -2.39. The Hall–Kier alpha value is -1.29. The number of hydrogen-bond donors (Lipinski definition) is 2. The van der Waals surface area contributed by atoms with Gasteiger partial charge in [-0.2, -0.15) is 0 Å². The third-order valence-electron chi connectivity index (χ3n) is 3.55. The van der Waals surface area contributed by atoms with E-state index in [2.05, 4.69) is 18.3 Å². The summed E-state index contributed by atoms with van der Waals surface area (Å²) in [6.45, 7) is 4.81. The van der Waals surface area contributed by atoms with Gasteiger partial charge in [-0.3, -0.25) is 4.79 Å². The number of likely N-dealkylation sites (N-methyl/N-ethyl adjacent to an activating group) is 1. The molecule has 2 aliphatic rings. The number of amides is 1. The molecule has 0 aromatic carbocycles. The first-order chi connectivity index (χ1) is 8.37. The third kappa shape index (κ3) is 2.93. The zero-order chi connectivity index (χ0) is 13.3. The largest absolute Gasteiger partial charge is 0.368 e. The van der Waals surface area contributed by atoms with Crippen molar-refractivity contribution in [1.29, 1.82) is 0 Å². The highest BCUT2D eigenvalue weighted by Gasteiger charge is 2.31. The lowest BCUT2D eigenvalue weighted by atomic mass is 9.95. The lowest BCUT2D eigenvalue weighted by molar-refractivity contribution is -0.118. The number of hydrogen-bond acceptors (Lipinski definition) is 3. The monoisotopic (exact) mass is 249 g/mol. The predicted octanol–water partition coefficient (Wildman–Crippen LogP) is 1.35. The minimum absolute atomic E-state index is 0.0352. The molecule has 4 nitrogen and oxygen atoms in total. The van der Waals surface area contributed by atoms with E-state index in [1.807, 2.05) is 24.9 Å². The van der Waals surface area contributed by atoms with Gasteiger partial charge in [0.2, 0.25) is 0 Å². The van der Waals surface area contributed by atoms with E-state index in [0.29, 0.717) is 18.2 Å². The number of rotatable bonds is 2. The second-order valence-corrected chi connectivity index (χ2v) is 5.91. The number of nitrogens with one attached hydrogen (secondary N) is 1. The van der Waals surface area contributed by atoms with Gasteiger partial charge >= 0.3 is 0 Å².